The summed E-state index contributed by atoms with van der Waals surface area (Å²) in [6, 6.07) is 0.0313. The molecule has 0 bridgehead atoms. The number of rotatable bonds is 4. The lowest BCUT2D eigenvalue weighted by Crippen LogP contribution is -2.58. The molecule has 2 aliphatic heterocycles. The van der Waals surface area contributed by atoms with Gasteiger partial charge in [0.2, 0.25) is 11.8 Å². The fourth-order valence-corrected chi connectivity index (χ4v) is 2.85. The van der Waals surface area contributed by atoms with E-state index in [1.54, 1.807) is 9.80 Å². The van der Waals surface area contributed by atoms with Gasteiger partial charge in [-0.05, 0) is 32.8 Å². The highest BCUT2D eigenvalue weighted by Gasteiger charge is 2.38. The topological polar surface area (TPSA) is 79.0 Å². The predicted octanol–water partition coefficient (Wildman–Crippen LogP) is 0.756. The molecule has 1 N–H and O–H groups in total. The summed E-state index contributed by atoms with van der Waals surface area (Å²) >= 11 is 0. The molecule has 0 aromatic rings. The van der Waals surface area contributed by atoms with Crippen molar-refractivity contribution in [3.63, 3.8) is 0 Å². The largest absolute Gasteiger partial charge is 0.442 e. The van der Waals surface area contributed by atoms with E-state index in [2.05, 4.69) is 11.9 Å². The van der Waals surface area contributed by atoms with Crippen LogP contribution in [0.2, 0.25) is 0 Å². The van der Waals surface area contributed by atoms with Crippen molar-refractivity contribution in [2.45, 2.75) is 38.8 Å². The standard InChI is InChI=1S/C16H25N3O4/c1-4-14(20)18-7-5-12(6-8-18)15(21)19-9-13(10-19)23-16(22)17-11(2)3/h4,11-13H,1,5-10H2,2-3H3,(H,17,22). The monoisotopic (exact) mass is 323 g/mol. The Hall–Kier alpha value is -2.05. The number of hydrogen-bond acceptors (Lipinski definition) is 4. The number of nitrogens with zero attached hydrogens (tertiary/aromatic N) is 2. The van der Waals surface area contributed by atoms with E-state index in [1.807, 2.05) is 13.8 Å². The van der Waals surface area contributed by atoms with Gasteiger partial charge in [0.05, 0.1) is 13.1 Å². The van der Waals surface area contributed by atoms with Crippen molar-refractivity contribution in [1.29, 1.82) is 0 Å². The molecule has 128 valence electrons. The summed E-state index contributed by atoms with van der Waals surface area (Å²) in [6.07, 6.45) is 2.00. The molecule has 2 fully saturated rings. The average Bonchev–Trinajstić information content (AvgIpc) is 2.48. The van der Waals surface area contributed by atoms with Crippen LogP contribution >= 0.6 is 0 Å². The molecular formula is C16H25N3O4. The van der Waals surface area contributed by atoms with Gasteiger partial charge in [-0.25, -0.2) is 4.79 Å². The molecule has 0 aromatic carbocycles. The molecule has 7 heteroatoms. The van der Waals surface area contributed by atoms with Crippen molar-refractivity contribution in [3.05, 3.63) is 12.7 Å². The van der Waals surface area contributed by atoms with Crippen molar-refractivity contribution in [3.8, 4) is 0 Å². The van der Waals surface area contributed by atoms with Gasteiger partial charge in [-0.15, -0.1) is 0 Å². The van der Waals surface area contributed by atoms with Crippen LogP contribution in [0.4, 0.5) is 4.79 Å². The zero-order chi connectivity index (χ0) is 17.0. The van der Waals surface area contributed by atoms with Crippen LogP contribution in [-0.4, -0.2) is 66.0 Å². The van der Waals surface area contributed by atoms with Crippen LogP contribution in [0, 0.1) is 5.92 Å². The maximum absolute atomic E-state index is 12.4. The minimum Gasteiger partial charge on any atom is -0.442 e. The van der Waals surface area contributed by atoms with Crippen LogP contribution in [0.15, 0.2) is 12.7 Å². The summed E-state index contributed by atoms with van der Waals surface area (Å²) in [5.74, 6) is -0.0291. The Morgan fingerprint density at radius 3 is 2.30 bits per heavy atom. The van der Waals surface area contributed by atoms with Gasteiger partial charge in [0.15, 0.2) is 0 Å². The van der Waals surface area contributed by atoms with E-state index < -0.39 is 6.09 Å². The SMILES string of the molecule is C=CC(=O)N1CCC(C(=O)N2CC(OC(=O)NC(C)C)C2)CC1. The quantitative estimate of drug-likeness (QED) is 0.775. The van der Waals surface area contributed by atoms with Gasteiger partial charge in [0.25, 0.3) is 0 Å². The summed E-state index contributed by atoms with van der Waals surface area (Å²) in [5.41, 5.74) is 0. The smallest absolute Gasteiger partial charge is 0.407 e. The second-order valence-electron chi connectivity index (χ2n) is 6.37. The summed E-state index contributed by atoms with van der Waals surface area (Å²) in [6.45, 7) is 9.29. The molecule has 3 amide bonds. The molecule has 0 unspecified atom stereocenters. The molecule has 2 saturated heterocycles. The highest BCUT2D eigenvalue weighted by Crippen LogP contribution is 2.23. The zero-order valence-corrected chi connectivity index (χ0v) is 13.8. The molecule has 2 heterocycles. The number of carbonyl (C=O) groups excluding carboxylic acids is 3. The Bertz CT molecular complexity index is 478. The summed E-state index contributed by atoms with van der Waals surface area (Å²) < 4.78 is 5.22. The summed E-state index contributed by atoms with van der Waals surface area (Å²) in [4.78, 5) is 38.8. The van der Waals surface area contributed by atoms with Gasteiger partial charge in [0, 0.05) is 25.0 Å². The van der Waals surface area contributed by atoms with Gasteiger partial charge in [0.1, 0.15) is 6.10 Å². The normalized spacial score (nSPS) is 19.3. The Morgan fingerprint density at radius 1 is 1.17 bits per heavy atom. The molecule has 0 radical (unpaired) electrons. The molecular weight excluding hydrogens is 298 g/mol. The van der Waals surface area contributed by atoms with E-state index in [-0.39, 0.29) is 29.9 Å². The first kappa shape index (κ1) is 17.3. The molecule has 23 heavy (non-hydrogen) atoms. The van der Waals surface area contributed by atoms with Crippen molar-refractivity contribution in [2.24, 2.45) is 5.92 Å². The van der Waals surface area contributed by atoms with Gasteiger partial charge in [-0.1, -0.05) is 6.58 Å². The molecule has 0 atom stereocenters. The van der Waals surface area contributed by atoms with Crippen molar-refractivity contribution in [1.82, 2.24) is 15.1 Å². The molecule has 0 aromatic heterocycles. The second kappa shape index (κ2) is 7.48. The van der Waals surface area contributed by atoms with E-state index in [0.717, 1.165) is 0 Å². The molecule has 2 rings (SSSR count). The summed E-state index contributed by atoms with van der Waals surface area (Å²) in [5, 5.41) is 2.66. The highest BCUT2D eigenvalue weighted by molar-refractivity contribution is 5.87. The van der Waals surface area contributed by atoms with Crippen LogP contribution in [-0.2, 0) is 14.3 Å². The Morgan fingerprint density at radius 2 is 1.78 bits per heavy atom. The van der Waals surface area contributed by atoms with E-state index in [4.69, 9.17) is 4.74 Å². The van der Waals surface area contributed by atoms with Gasteiger partial charge >= 0.3 is 6.09 Å². The number of ether oxygens (including phenoxy) is 1. The average molecular weight is 323 g/mol. The molecule has 0 saturated carbocycles. The van der Waals surface area contributed by atoms with Crippen molar-refractivity contribution in [2.75, 3.05) is 26.2 Å². The number of likely N-dealkylation sites (tertiary alicyclic amines) is 2. The Kier molecular flexibility index (Phi) is 5.63. The van der Waals surface area contributed by atoms with E-state index >= 15 is 0 Å². The first-order valence-electron chi connectivity index (χ1n) is 8.08. The lowest BCUT2D eigenvalue weighted by atomic mass is 9.93. The molecule has 7 nitrogen and oxygen atoms in total. The number of amides is 3. The first-order valence-corrected chi connectivity index (χ1v) is 8.08. The Balaban J connectivity index is 1.70. The van der Waals surface area contributed by atoms with E-state index in [0.29, 0.717) is 39.0 Å². The second-order valence-corrected chi connectivity index (χ2v) is 6.37. The number of alkyl carbamates (subject to hydrolysis) is 1. The molecule has 0 spiro atoms. The lowest BCUT2D eigenvalue weighted by Gasteiger charge is -2.41. The van der Waals surface area contributed by atoms with Crippen molar-refractivity contribution >= 4 is 17.9 Å². The maximum atomic E-state index is 12.4. The molecule has 0 aliphatic carbocycles. The first-order chi connectivity index (χ1) is 10.9. The minimum absolute atomic E-state index is 0.0313. The summed E-state index contributed by atoms with van der Waals surface area (Å²) in [7, 11) is 0. The fourth-order valence-electron chi connectivity index (χ4n) is 2.85. The highest BCUT2D eigenvalue weighted by atomic mass is 16.6. The van der Waals surface area contributed by atoms with Crippen LogP contribution < -0.4 is 5.32 Å². The van der Waals surface area contributed by atoms with E-state index in [9.17, 15) is 14.4 Å². The Labute approximate surface area is 136 Å². The minimum atomic E-state index is -0.437. The van der Waals surface area contributed by atoms with Crippen LogP contribution in [0.5, 0.6) is 0 Å². The fraction of sp³-hybridized carbons (Fsp3) is 0.688. The van der Waals surface area contributed by atoms with Crippen LogP contribution in [0.3, 0.4) is 0 Å². The van der Waals surface area contributed by atoms with Crippen LogP contribution in [0.1, 0.15) is 26.7 Å². The van der Waals surface area contributed by atoms with Crippen molar-refractivity contribution < 1.29 is 19.1 Å². The number of piperidine rings is 1. The molecule has 2 aliphatic rings. The number of carbonyl (C=O) groups is 3. The van der Waals surface area contributed by atoms with Gasteiger partial charge in [-0.2, -0.15) is 0 Å². The van der Waals surface area contributed by atoms with Crippen LogP contribution in [0.25, 0.3) is 0 Å². The predicted molar refractivity (Wildman–Crippen MR) is 84.6 cm³/mol. The number of nitrogens with one attached hydrogen (secondary N) is 1. The maximum Gasteiger partial charge on any atom is 0.407 e. The zero-order valence-electron chi connectivity index (χ0n) is 13.8. The third-order valence-corrected chi connectivity index (χ3v) is 4.17. The lowest BCUT2D eigenvalue weighted by molar-refractivity contribution is -0.148. The third-order valence-electron chi connectivity index (χ3n) is 4.17. The van der Waals surface area contributed by atoms with Gasteiger partial charge in [-0.3, -0.25) is 9.59 Å². The van der Waals surface area contributed by atoms with E-state index in [1.165, 1.54) is 6.08 Å². The number of hydrogen-bond donors (Lipinski definition) is 1. The third kappa shape index (κ3) is 4.46. The van der Waals surface area contributed by atoms with Gasteiger partial charge < -0.3 is 19.9 Å².